The fraction of sp³-hybridized carbons (Fsp3) is 0.235. The van der Waals surface area contributed by atoms with Crippen LogP contribution >= 0.6 is 23.2 Å². The number of nitrogens with zero attached hydrogens (tertiary/aromatic N) is 2. The highest BCUT2D eigenvalue weighted by atomic mass is 35.5. The van der Waals surface area contributed by atoms with Crippen molar-refractivity contribution in [3.8, 4) is 5.69 Å². The molecule has 0 N–H and O–H groups in total. The third kappa shape index (κ3) is 2.98. The average molecular weight is 372 g/mol. The fourth-order valence-corrected chi connectivity index (χ4v) is 2.89. The van der Waals surface area contributed by atoms with E-state index in [4.69, 9.17) is 23.2 Å². The van der Waals surface area contributed by atoms with Gasteiger partial charge in [0.15, 0.2) is 0 Å². The first kappa shape index (κ1) is 17.1. The molecule has 1 radical (unpaired) electrons. The predicted octanol–water partition coefficient (Wildman–Crippen LogP) is 5.97. The zero-order valence-corrected chi connectivity index (χ0v) is 14.3. The van der Waals surface area contributed by atoms with E-state index in [0.717, 1.165) is 6.07 Å². The van der Waals surface area contributed by atoms with E-state index in [1.54, 1.807) is 42.7 Å². The van der Waals surface area contributed by atoms with Gasteiger partial charge in [-0.2, -0.15) is 13.2 Å². The summed E-state index contributed by atoms with van der Waals surface area (Å²) < 4.78 is 41.0. The number of hydrogen-bond donors (Lipinski definition) is 0. The molecular weight excluding hydrogens is 360 g/mol. The van der Waals surface area contributed by atoms with Crippen LogP contribution in [0, 0.1) is 6.07 Å². The summed E-state index contributed by atoms with van der Waals surface area (Å²) in [6.45, 7) is 3.45. The molecule has 0 aliphatic rings. The summed E-state index contributed by atoms with van der Waals surface area (Å²) in [5, 5.41) is -0.380. The smallest absolute Gasteiger partial charge is 0.295 e. The molecule has 0 spiro atoms. The summed E-state index contributed by atoms with van der Waals surface area (Å²) in [6, 6.07) is 12.2. The molecule has 0 amide bonds. The minimum absolute atomic E-state index is 0.180. The largest absolute Gasteiger partial charge is 0.417 e. The van der Waals surface area contributed by atoms with Gasteiger partial charge in [-0.05, 0) is 44.2 Å². The van der Waals surface area contributed by atoms with E-state index in [9.17, 15) is 13.2 Å². The highest BCUT2D eigenvalue weighted by Gasteiger charge is 2.35. The third-order valence-corrected chi connectivity index (χ3v) is 4.01. The van der Waals surface area contributed by atoms with Crippen LogP contribution in [0.4, 0.5) is 13.2 Å². The summed E-state index contributed by atoms with van der Waals surface area (Å²) in [5.41, 5.74) is 0.412. The monoisotopic (exact) mass is 371 g/mol. The standard InChI is InChI=1S/C17H12Cl2F3N2/c1-16(2,19)15-23-13-8-11(17(20,21)22)12(18)9-14(13)24(15)10-6-4-3-5-7-10/h3-4,6-9H,1-2H3. The second-order valence-electron chi connectivity index (χ2n) is 5.82. The maximum atomic E-state index is 13.1. The van der Waals surface area contributed by atoms with E-state index < -0.39 is 16.6 Å². The van der Waals surface area contributed by atoms with E-state index in [2.05, 4.69) is 11.1 Å². The lowest BCUT2D eigenvalue weighted by Gasteiger charge is -2.18. The lowest BCUT2D eigenvalue weighted by molar-refractivity contribution is -0.137. The highest BCUT2D eigenvalue weighted by molar-refractivity contribution is 6.32. The summed E-state index contributed by atoms with van der Waals surface area (Å²) in [7, 11) is 0. The Morgan fingerprint density at radius 2 is 1.92 bits per heavy atom. The number of fused-ring (bicyclic) bond motifs is 1. The predicted molar refractivity (Wildman–Crippen MR) is 88.8 cm³/mol. The molecule has 1 aromatic heterocycles. The summed E-state index contributed by atoms with van der Waals surface area (Å²) >= 11 is 12.3. The van der Waals surface area contributed by atoms with Gasteiger partial charge in [-0.1, -0.05) is 23.7 Å². The van der Waals surface area contributed by atoms with Crippen LogP contribution in [0.1, 0.15) is 25.2 Å². The molecule has 0 saturated carbocycles. The molecule has 0 bridgehead atoms. The molecule has 0 saturated heterocycles. The molecular formula is C17H12Cl2F3N2. The van der Waals surface area contributed by atoms with Crippen LogP contribution in [0.2, 0.25) is 5.02 Å². The van der Waals surface area contributed by atoms with Crippen molar-refractivity contribution in [2.45, 2.75) is 24.9 Å². The molecule has 0 aliphatic heterocycles. The SMILES string of the molecule is CC(C)(Cl)c1nc2cc(C(F)(F)F)c(Cl)cc2n1-c1c[c]ccc1. The highest BCUT2D eigenvalue weighted by Crippen LogP contribution is 2.39. The van der Waals surface area contributed by atoms with Crippen molar-refractivity contribution in [2.75, 3.05) is 0 Å². The van der Waals surface area contributed by atoms with Crippen LogP contribution in [0.5, 0.6) is 0 Å². The Morgan fingerprint density at radius 3 is 2.46 bits per heavy atom. The molecule has 24 heavy (non-hydrogen) atoms. The normalized spacial score (nSPS) is 12.8. The molecule has 2 aromatic carbocycles. The van der Waals surface area contributed by atoms with Crippen molar-refractivity contribution < 1.29 is 13.2 Å². The Bertz CT molecular complexity index is 894. The maximum Gasteiger partial charge on any atom is 0.417 e. The Kier molecular flexibility index (Phi) is 4.04. The Morgan fingerprint density at radius 1 is 1.21 bits per heavy atom. The van der Waals surface area contributed by atoms with E-state index in [-0.39, 0.29) is 10.5 Å². The van der Waals surface area contributed by atoms with Gasteiger partial charge in [-0.3, -0.25) is 4.57 Å². The average Bonchev–Trinajstić information content (AvgIpc) is 2.84. The minimum Gasteiger partial charge on any atom is -0.295 e. The van der Waals surface area contributed by atoms with E-state index in [1.807, 2.05) is 0 Å². The second-order valence-corrected chi connectivity index (χ2v) is 7.18. The van der Waals surface area contributed by atoms with Crippen molar-refractivity contribution in [3.63, 3.8) is 0 Å². The molecule has 2 nitrogen and oxygen atoms in total. The zero-order chi connectivity index (χ0) is 17.7. The van der Waals surface area contributed by atoms with Gasteiger partial charge >= 0.3 is 6.18 Å². The van der Waals surface area contributed by atoms with Crippen LogP contribution in [-0.2, 0) is 11.1 Å². The van der Waals surface area contributed by atoms with Crippen LogP contribution in [-0.4, -0.2) is 9.55 Å². The van der Waals surface area contributed by atoms with Gasteiger partial charge in [-0.15, -0.1) is 11.6 Å². The van der Waals surface area contributed by atoms with Crippen molar-refractivity contribution in [2.24, 2.45) is 0 Å². The Balaban J connectivity index is 2.38. The fourth-order valence-electron chi connectivity index (χ4n) is 2.50. The van der Waals surface area contributed by atoms with Crippen LogP contribution < -0.4 is 0 Å². The lowest BCUT2D eigenvalue weighted by Crippen LogP contribution is -2.15. The summed E-state index contributed by atoms with van der Waals surface area (Å²) in [4.78, 5) is 3.44. The van der Waals surface area contributed by atoms with Crippen molar-refractivity contribution in [1.82, 2.24) is 9.55 Å². The molecule has 0 atom stereocenters. The van der Waals surface area contributed by atoms with Gasteiger partial charge in [-0.25, -0.2) is 4.98 Å². The van der Waals surface area contributed by atoms with Gasteiger partial charge in [0.25, 0.3) is 0 Å². The number of rotatable bonds is 2. The topological polar surface area (TPSA) is 17.8 Å². The van der Waals surface area contributed by atoms with Crippen molar-refractivity contribution >= 4 is 34.2 Å². The zero-order valence-electron chi connectivity index (χ0n) is 12.7. The first-order valence-corrected chi connectivity index (χ1v) is 7.79. The lowest BCUT2D eigenvalue weighted by atomic mass is 10.1. The van der Waals surface area contributed by atoms with Crippen LogP contribution in [0.15, 0.2) is 36.4 Å². The molecule has 0 unspecified atom stereocenters. The van der Waals surface area contributed by atoms with Crippen molar-refractivity contribution in [3.05, 3.63) is 58.9 Å². The van der Waals surface area contributed by atoms with Gasteiger partial charge in [0.2, 0.25) is 0 Å². The number of imidazole rings is 1. The number of benzene rings is 2. The first-order valence-electron chi connectivity index (χ1n) is 7.04. The molecule has 0 aliphatic carbocycles. The number of aromatic nitrogens is 2. The maximum absolute atomic E-state index is 13.1. The first-order chi connectivity index (χ1) is 11.1. The van der Waals surface area contributed by atoms with Crippen molar-refractivity contribution in [1.29, 1.82) is 0 Å². The number of halogens is 5. The summed E-state index contributed by atoms with van der Waals surface area (Å²) in [5.74, 6) is 0.425. The van der Waals surface area contributed by atoms with Crippen LogP contribution in [0.3, 0.4) is 0 Å². The van der Waals surface area contributed by atoms with Gasteiger partial charge in [0, 0.05) is 5.69 Å². The Hall–Kier alpha value is -1.72. The molecule has 3 aromatic rings. The third-order valence-electron chi connectivity index (χ3n) is 3.53. The van der Waals surface area contributed by atoms with Crippen LogP contribution in [0.25, 0.3) is 16.7 Å². The van der Waals surface area contributed by atoms with Gasteiger partial charge in [0.1, 0.15) is 5.82 Å². The van der Waals surface area contributed by atoms with Gasteiger partial charge < -0.3 is 0 Å². The molecule has 0 fully saturated rings. The number of hydrogen-bond acceptors (Lipinski definition) is 1. The molecule has 1 heterocycles. The summed E-state index contributed by atoms with van der Waals surface area (Å²) in [6.07, 6.45) is -4.55. The van der Waals surface area contributed by atoms with Gasteiger partial charge in [0.05, 0.1) is 26.5 Å². The minimum atomic E-state index is -4.55. The molecule has 125 valence electrons. The molecule has 7 heteroatoms. The van der Waals surface area contributed by atoms with E-state index in [1.165, 1.54) is 6.07 Å². The Labute approximate surface area is 146 Å². The van der Waals surface area contributed by atoms with E-state index >= 15 is 0 Å². The quantitative estimate of drug-likeness (QED) is 0.507. The van der Waals surface area contributed by atoms with E-state index in [0.29, 0.717) is 17.0 Å². The second kappa shape index (κ2) is 5.67. The number of alkyl halides is 4. The molecule has 3 rings (SSSR count).